The van der Waals surface area contributed by atoms with Crippen LogP contribution >= 0.6 is 11.3 Å². The molecule has 0 unspecified atom stereocenters. The molecule has 8 heteroatoms. The van der Waals surface area contributed by atoms with Crippen LogP contribution in [-0.4, -0.2) is 68.1 Å². The minimum absolute atomic E-state index is 0.0249. The SMILES string of the molecule is CN(C)S(=O)(=O)N1CCN(C(=O)c2ccsc2)CC1. The van der Waals surface area contributed by atoms with Crippen LogP contribution in [-0.2, 0) is 10.2 Å². The Morgan fingerprint density at radius 3 is 2.37 bits per heavy atom. The van der Waals surface area contributed by atoms with Crippen LogP contribution in [0.15, 0.2) is 16.8 Å². The summed E-state index contributed by atoms with van der Waals surface area (Å²) in [7, 11) is -0.348. The summed E-state index contributed by atoms with van der Waals surface area (Å²) in [6, 6.07) is 1.79. The van der Waals surface area contributed by atoms with Crippen LogP contribution in [0.3, 0.4) is 0 Å². The lowest BCUT2D eigenvalue weighted by molar-refractivity contribution is 0.0696. The molecule has 0 N–H and O–H groups in total. The van der Waals surface area contributed by atoms with Gasteiger partial charge in [0.05, 0.1) is 5.56 Å². The van der Waals surface area contributed by atoms with Gasteiger partial charge in [0.2, 0.25) is 0 Å². The smallest absolute Gasteiger partial charge is 0.281 e. The molecule has 0 saturated carbocycles. The van der Waals surface area contributed by atoms with Gasteiger partial charge in [0.25, 0.3) is 16.1 Å². The lowest BCUT2D eigenvalue weighted by Gasteiger charge is -2.35. The number of hydrogen-bond donors (Lipinski definition) is 0. The number of carbonyl (C=O) groups excluding carboxylic acids is 1. The van der Waals surface area contributed by atoms with Crippen LogP contribution in [0.4, 0.5) is 0 Å². The van der Waals surface area contributed by atoms with Crippen molar-refractivity contribution in [2.75, 3.05) is 40.3 Å². The van der Waals surface area contributed by atoms with E-state index in [2.05, 4.69) is 0 Å². The van der Waals surface area contributed by atoms with E-state index in [1.807, 2.05) is 10.8 Å². The Balaban J connectivity index is 1.98. The topological polar surface area (TPSA) is 60.9 Å². The number of amides is 1. The average molecular weight is 303 g/mol. The fraction of sp³-hybridized carbons (Fsp3) is 0.545. The maximum atomic E-state index is 12.1. The Labute approximate surface area is 117 Å². The standard InChI is InChI=1S/C11H17N3O3S2/c1-12(2)19(16,17)14-6-4-13(5-7-14)11(15)10-3-8-18-9-10/h3,8-9H,4-7H2,1-2H3. The van der Waals surface area contributed by atoms with E-state index in [0.29, 0.717) is 31.7 Å². The van der Waals surface area contributed by atoms with Crippen molar-refractivity contribution in [3.05, 3.63) is 22.4 Å². The molecule has 2 heterocycles. The van der Waals surface area contributed by atoms with Crippen molar-refractivity contribution in [2.24, 2.45) is 0 Å². The first-order chi connectivity index (χ1) is 8.93. The summed E-state index contributed by atoms with van der Waals surface area (Å²) in [6.45, 7) is 1.55. The second kappa shape index (κ2) is 5.58. The van der Waals surface area contributed by atoms with Gasteiger partial charge in [0.1, 0.15) is 0 Å². The molecule has 1 saturated heterocycles. The van der Waals surface area contributed by atoms with Crippen molar-refractivity contribution in [1.29, 1.82) is 0 Å². The molecule has 2 rings (SSSR count). The zero-order chi connectivity index (χ0) is 14.0. The Bertz CT molecular complexity index is 532. The summed E-state index contributed by atoms with van der Waals surface area (Å²) in [5.41, 5.74) is 0.675. The van der Waals surface area contributed by atoms with Crippen LogP contribution < -0.4 is 0 Å². The molecule has 106 valence electrons. The van der Waals surface area contributed by atoms with E-state index >= 15 is 0 Å². The molecule has 0 aromatic carbocycles. The monoisotopic (exact) mass is 303 g/mol. The van der Waals surface area contributed by atoms with Crippen molar-refractivity contribution in [3.8, 4) is 0 Å². The molecule has 0 aliphatic carbocycles. The van der Waals surface area contributed by atoms with Gasteiger partial charge < -0.3 is 4.90 Å². The molecule has 0 bridgehead atoms. The summed E-state index contributed by atoms with van der Waals surface area (Å²) < 4.78 is 26.5. The van der Waals surface area contributed by atoms with E-state index in [1.54, 1.807) is 11.0 Å². The summed E-state index contributed by atoms with van der Waals surface area (Å²) in [5.74, 6) is -0.0249. The predicted molar refractivity (Wildman–Crippen MR) is 74.4 cm³/mol. The van der Waals surface area contributed by atoms with E-state index in [0.717, 1.165) is 0 Å². The van der Waals surface area contributed by atoms with Gasteiger partial charge in [-0.1, -0.05) is 0 Å². The van der Waals surface area contributed by atoms with E-state index in [1.165, 1.54) is 34.0 Å². The average Bonchev–Trinajstić information content (AvgIpc) is 2.91. The van der Waals surface area contributed by atoms with Gasteiger partial charge in [0.15, 0.2) is 0 Å². The van der Waals surface area contributed by atoms with E-state index in [4.69, 9.17) is 0 Å². The Kier molecular flexibility index (Phi) is 4.24. The number of hydrogen-bond acceptors (Lipinski definition) is 4. The normalized spacial score (nSPS) is 17.9. The molecule has 1 amide bonds. The minimum Gasteiger partial charge on any atom is -0.336 e. The van der Waals surface area contributed by atoms with E-state index in [9.17, 15) is 13.2 Å². The molecule has 0 atom stereocenters. The van der Waals surface area contributed by atoms with Crippen LogP contribution in [0.5, 0.6) is 0 Å². The lowest BCUT2D eigenvalue weighted by atomic mass is 10.2. The summed E-state index contributed by atoms with van der Waals surface area (Å²) in [6.07, 6.45) is 0. The summed E-state index contributed by atoms with van der Waals surface area (Å²) >= 11 is 1.48. The first-order valence-electron chi connectivity index (χ1n) is 5.92. The van der Waals surface area contributed by atoms with Gasteiger partial charge in [-0.15, -0.1) is 0 Å². The molecule has 1 aliphatic rings. The molecule has 1 aliphatic heterocycles. The van der Waals surface area contributed by atoms with Gasteiger partial charge in [0, 0.05) is 45.7 Å². The fourth-order valence-corrected chi connectivity index (χ4v) is 3.64. The van der Waals surface area contributed by atoms with Gasteiger partial charge in [-0.05, 0) is 11.4 Å². The Morgan fingerprint density at radius 1 is 1.26 bits per heavy atom. The zero-order valence-electron chi connectivity index (χ0n) is 10.9. The third kappa shape index (κ3) is 2.97. The van der Waals surface area contributed by atoms with Crippen LogP contribution in [0.1, 0.15) is 10.4 Å². The third-order valence-electron chi connectivity index (χ3n) is 3.08. The van der Waals surface area contributed by atoms with Gasteiger partial charge in [-0.3, -0.25) is 4.79 Å². The molecule has 6 nitrogen and oxygen atoms in total. The number of carbonyl (C=O) groups is 1. The first-order valence-corrected chi connectivity index (χ1v) is 8.26. The van der Waals surface area contributed by atoms with E-state index in [-0.39, 0.29) is 5.91 Å². The zero-order valence-corrected chi connectivity index (χ0v) is 12.6. The van der Waals surface area contributed by atoms with Crippen molar-refractivity contribution in [1.82, 2.24) is 13.5 Å². The second-order valence-corrected chi connectivity index (χ2v) is 7.42. The highest BCUT2D eigenvalue weighted by Crippen LogP contribution is 2.14. The summed E-state index contributed by atoms with van der Waals surface area (Å²) in [4.78, 5) is 13.8. The molecule has 1 fully saturated rings. The lowest BCUT2D eigenvalue weighted by Crippen LogP contribution is -2.53. The highest BCUT2D eigenvalue weighted by Gasteiger charge is 2.30. The molecule has 0 radical (unpaired) electrons. The quantitative estimate of drug-likeness (QED) is 0.807. The van der Waals surface area contributed by atoms with Gasteiger partial charge in [-0.25, -0.2) is 0 Å². The molecule has 1 aromatic rings. The van der Waals surface area contributed by atoms with Crippen LogP contribution in [0.25, 0.3) is 0 Å². The maximum absolute atomic E-state index is 12.1. The van der Waals surface area contributed by atoms with Crippen molar-refractivity contribution >= 4 is 27.5 Å². The van der Waals surface area contributed by atoms with Gasteiger partial charge in [-0.2, -0.15) is 28.4 Å². The largest absolute Gasteiger partial charge is 0.336 e. The van der Waals surface area contributed by atoms with Gasteiger partial charge >= 0.3 is 0 Å². The predicted octanol–water partition coefficient (Wildman–Crippen LogP) is 0.312. The highest BCUT2D eigenvalue weighted by molar-refractivity contribution is 7.86. The first kappa shape index (κ1) is 14.4. The Morgan fingerprint density at radius 2 is 1.89 bits per heavy atom. The van der Waals surface area contributed by atoms with E-state index < -0.39 is 10.2 Å². The third-order valence-corrected chi connectivity index (χ3v) is 5.71. The maximum Gasteiger partial charge on any atom is 0.281 e. The number of thiophene rings is 1. The number of rotatable bonds is 3. The molecule has 1 aromatic heterocycles. The molecule has 19 heavy (non-hydrogen) atoms. The van der Waals surface area contributed by atoms with Crippen molar-refractivity contribution in [3.63, 3.8) is 0 Å². The number of nitrogens with zero attached hydrogens (tertiary/aromatic N) is 3. The molecular weight excluding hydrogens is 286 g/mol. The Hall–Kier alpha value is -0.960. The molecule has 0 spiro atoms. The van der Waals surface area contributed by atoms with Crippen LogP contribution in [0, 0.1) is 0 Å². The fourth-order valence-electron chi connectivity index (χ4n) is 1.92. The highest BCUT2D eigenvalue weighted by atomic mass is 32.2. The molecular formula is C11H17N3O3S2. The number of piperazine rings is 1. The van der Waals surface area contributed by atoms with Crippen molar-refractivity contribution in [2.45, 2.75) is 0 Å². The van der Waals surface area contributed by atoms with Crippen molar-refractivity contribution < 1.29 is 13.2 Å². The minimum atomic E-state index is -3.37. The van der Waals surface area contributed by atoms with Crippen LogP contribution in [0.2, 0.25) is 0 Å². The second-order valence-electron chi connectivity index (χ2n) is 4.49. The summed E-state index contributed by atoms with van der Waals surface area (Å²) in [5, 5.41) is 3.67.